The first-order chi connectivity index (χ1) is 13.4. The fourth-order valence-corrected chi connectivity index (χ4v) is 4.21. The van der Waals surface area contributed by atoms with Gasteiger partial charge in [0.15, 0.2) is 5.13 Å². The van der Waals surface area contributed by atoms with Crippen molar-refractivity contribution in [2.75, 3.05) is 39.2 Å². The van der Waals surface area contributed by atoms with Crippen molar-refractivity contribution < 1.29 is 9.53 Å². The van der Waals surface area contributed by atoms with Gasteiger partial charge < -0.3 is 9.64 Å². The highest BCUT2D eigenvalue weighted by Gasteiger charge is 2.24. The van der Waals surface area contributed by atoms with Gasteiger partial charge in [-0.05, 0) is 57.4 Å². The number of ether oxygens (including phenoxy) is 1. The molecule has 0 saturated heterocycles. The van der Waals surface area contributed by atoms with Gasteiger partial charge in [0.25, 0.3) is 5.91 Å². The van der Waals surface area contributed by atoms with Crippen molar-refractivity contribution in [1.82, 2.24) is 9.88 Å². The summed E-state index contributed by atoms with van der Waals surface area (Å²) >= 11 is 13.8. The Hall–Kier alpha value is -1.57. The summed E-state index contributed by atoms with van der Waals surface area (Å²) in [5, 5.41) is 1.44. The van der Waals surface area contributed by atoms with E-state index in [2.05, 4.69) is 9.88 Å². The molecule has 0 atom stereocenters. The molecule has 2 aromatic carbocycles. The minimum absolute atomic E-state index is 0. The fourth-order valence-electron chi connectivity index (χ4n) is 2.83. The zero-order chi connectivity index (χ0) is 20.3. The molecule has 0 aliphatic carbocycles. The van der Waals surface area contributed by atoms with Crippen LogP contribution < -0.4 is 9.64 Å². The zero-order valence-corrected chi connectivity index (χ0v) is 19.5. The number of halogens is 3. The predicted octanol–water partition coefficient (Wildman–Crippen LogP) is 5.63. The molecular formula is C20H22Cl3N3O2S. The lowest BCUT2D eigenvalue weighted by molar-refractivity contribution is 0.0986. The molecule has 1 amide bonds. The number of para-hydroxylation sites is 1. The molecule has 156 valence electrons. The molecule has 0 saturated carbocycles. The maximum Gasteiger partial charge on any atom is 0.261 e. The van der Waals surface area contributed by atoms with Gasteiger partial charge in [-0.15, -0.1) is 12.4 Å². The molecule has 1 heterocycles. The molecule has 0 aliphatic heterocycles. The van der Waals surface area contributed by atoms with Crippen LogP contribution in [0.25, 0.3) is 10.2 Å². The minimum atomic E-state index is -0.218. The van der Waals surface area contributed by atoms with Crippen molar-refractivity contribution in [2.45, 2.75) is 6.42 Å². The highest BCUT2D eigenvalue weighted by Crippen LogP contribution is 2.35. The predicted molar refractivity (Wildman–Crippen MR) is 125 cm³/mol. The Morgan fingerprint density at radius 3 is 2.62 bits per heavy atom. The number of rotatable bonds is 7. The van der Waals surface area contributed by atoms with E-state index in [0.717, 1.165) is 23.2 Å². The molecule has 0 bridgehead atoms. The second kappa shape index (κ2) is 10.5. The molecule has 29 heavy (non-hydrogen) atoms. The van der Waals surface area contributed by atoms with Crippen LogP contribution in [-0.2, 0) is 0 Å². The van der Waals surface area contributed by atoms with Crippen LogP contribution in [0.5, 0.6) is 5.75 Å². The number of aromatic nitrogens is 1. The summed E-state index contributed by atoms with van der Waals surface area (Å²) in [6, 6.07) is 10.6. The average Bonchev–Trinajstić information content (AvgIpc) is 3.10. The number of fused-ring (bicyclic) bond motifs is 1. The van der Waals surface area contributed by atoms with Gasteiger partial charge >= 0.3 is 0 Å². The molecule has 3 rings (SSSR count). The van der Waals surface area contributed by atoms with Crippen molar-refractivity contribution in [3.63, 3.8) is 0 Å². The molecule has 3 aromatic rings. The number of methoxy groups -OCH3 is 1. The number of carbonyl (C=O) groups is 1. The third-order valence-electron chi connectivity index (χ3n) is 4.21. The molecule has 1 aromatic heterocycles. The Morgan fingerprint density at radius 2 is 1.93 bits per heavy atom. The van der Waals surface area contributed by atoms with E-state index >= 15 is 0 Å². The van der Waals surface area contributed by atoms with Crippen molar-refractivity contribution in [3.8, 4) is 5.75 Å². The second-order valence-electron chi connectivity index (χ2n) is 6.54. The monoisotopic (exact) mass is 473 g/mol. The van der Waals surface area contributed by atoms with Gasteiger partial charge in [0.05, 0.1) is 22.4 Å². The Kier molecular flexibility index (Phi) is 8.55. The molecule has 0 unspecified atom stereocenters. The van der Waals surface area contributed by atoms with Crippen molar-refractivity contribution >= 4 is 68.2 Å². The second-order valence-corrected chi connectivity index (χ2v) is 8.39. The number of benzene rings is 2. The van der Waals surface area contributed by atoms with Crippen LogP contribution in [0, 0.1) is 0 Å². The maximum absolute atomic E-state index is 13.3. The van der Waals surface area contributed by atoms with Crippen molar-refractivity contribution in [3.05, 3.63) is 52.0 Å². The number of carbonyl (C=O) groups excluding carboxylic acids is 1. The molecule has 5 nitrogen and oxygen atoms in total. The number of hydrogen-bond donors (Lipinski definition) is 0. The van der Waals surface area contributed by atoms with Crippen LogP contribution in [0.3, 0.4) is 0 Å². The van der Waals surface area contributed by atoms with E-state index in [1.165, 1.54) is 11.3 Å². The summed E-state index contributed by atoms with van der Waals surface area (Å²) in [6.45, 7) is 1.36. The smallest absolute Gasteiger partial charge is 0.261 e. The average molecular weight is 475 g/mol. The first kappa shape index (κ1) is 23.7. The van der Waals surface area contributed by atoms with Gasteiger partial charge in [-0.3, -0.25) is 9.69 Å². The lowest BCUT2D eigenvalue weighted by atomic mass is 10.2. The number of nitrogens with zero attached hydrogens (tertiary/aromatic N) is 3. The molecule has 0 N–H and O–H groups in total. The lowest BCUT2D eigenvalue weighted by Gasteiger charge is -2.21. The molecule has 9 heteroatoms. The van der Waals surface area contributed by atoms with Gasteiger partial charge in [-0.25, -0.2) is 4.98 Å². The van der Waals surface area contributed by atoms with Crippen molar-refractivity contribution in [1.29, 1.82) is 0 Å². The van der Waals surface area contributed by atoms with Gasteiger partial charge in [0, 0.05) is 11.6 Å². The normalized spacial score (nSPS) is 10.8. The maximum atomic E-state index is 13.3. The highest BCUT2D eigenvalue weighted by atomic mass is 35.5. The summed E-state index contributed by atoms with van der Waals surface area (Å²) in [5.74, 6) is 0.464. The third-order valence-corrected chi connectivity index (χ3v) is 5.82. The Labute approximate surface area is 190 Å². The van der Waals surface area contributed by atoms with Gasteiger partial charge in [0.2, 0.25) is 0 Å². The van der Waals surface area contributed by atoms with Gasteiger partial charge in [-0.2, -0.15) is 0 Å². The van der Waals surface area contributed by atoms with E-state index in [1.807, 2.05) is 32.3 Å². The Balaban J connectivity index is 0.00000300. The van der Waals surface area contributed by atoms with Crippen LogP contribution >= 0.6 is 46.9 Å². The molecule has 0 radical (unpaired) electrons. The quantitative estimate of drug-likeness (QED) is 0.445. The fraction of sp³-hybridized carbons (Fsp3) is 0.300. The molecular weight excluding hydrogens is 453 g/mol. The topological polar surface area (TPSA) is 45.7 Å². The van der Waals surface area contributed by atoms with Crippen LogP contribution in [0.1, 0.15) is 16.8 Å². The van der Waals surface area contributed by atoms with E-state index in [4.69, 9.17) is 27.9 Å². The third kappa shape index (κ3) is 5.53. The molecule has 0 spiro atoms. The van der Waals surface area contributed by atoms with Crippen LogP contribution in [0.15, 0.2) is 36.4 Å². The van der Waals surface area contributed by atoms with Crippen LogP contribution in [-0.4, -0.2) is 50.1 Å². The SMILES string of the molecule is COc1cccc2sc(N(CCCN(C)C)C(=O)c3cc(Cl)ccc3Cl)nc12.Cl. The summed E-state index contributed by atoms with van der Waals surface area (Å²) in [7, 11) is 5.62. The largest absolute Gasteiger partial charge is 0.494 e. The number of hydrogen-bond acceptors (Lipinski definition) is 5. The summed E-state index contributed by atoms with van der Waals surface area (Å²) in [5.41, 5.74) is 1.11. The van der Waals surface area contributed by atoms with Gasteiger partial charge in [0.1, 0.15) is 11.3 Å². The minimum Gasteiger partial charge on any atom is -0.494 e. The van der Waals surface area contributed by atoms with E-state index < -0.39 is 0 Å². The van der Waals surface area contributed by atoms with Crippen LogP contribution in [0.4, 0.5) is 5.13 Å². The standard InChI is InChI=1S/C20H21Cl2N3O2S.ClH/c1-24(2)10-5-11-25(19(26)14-12-13(21)8-9-15(14)22)20-23-18-16(27-3)6-4-7-17(18)28-20;/h4,6-9,12H,5,10-11H2,1-3H3;1H. The summed E-state index contributed by atoms with van der Waals surface area (Å²) < 4.78 is 6.36. The molecule has 0 aliphatic rings. The first-order valence-corrected chi connectivity index (χ1v) is 10.3. The summed E-state index contributed by atoms with van der Waals surface area (Å²) in [4.78, 5) is 21.8. The highest BCUT2D eigenvalue weighted by molar-refractivity contribution is 7.22. The summed E-state index contributed by atoms with van der Waals surface area (Å²) in [6.07, 6.45) is 0.796. The molecule has 0 fully saturated rings. The van der Waals surface area contributed by atoms with E-state index in [9.17, 15) is 4.79 Å². The Bertz CT molecular complexity index is 994. The van der Waals surface area contributed by atoms with E-state index in [1.54, 1.807) is 30.2 Å². The zero-order valence-electron chi connectivity index (χ0n) is 16.3. The lowest BCUT2D eigenvalue weighted by Crippen LogP contribution is -2.33. The van der Waals surface area contributed by atoms with E-state index in [-0.39, 0.29) is 18.3 Å². The van der Waals surface area contributed by atoms with Crippen LogP contribution in [0.2, 0.25) is 10.0 Å². The number of amides is 1. The number of thiazole rings is 1. The van der Waals surface area contributed by atoms with Crippen molar-refractivity contribution in [2.24, 2.45) is 0 Å². The van der Waals surface area contributed by atoms with Gasteiger partial charge in [-0.1, -0.05) is 40.6 Å². The Morgan fingerprint density at radius 1 is 1.17 bits per heavy atom. The first-order valence-electron chi connectivity index (χ1n) is 8.76. The number of anilines is 1. The van der Waals surface area contributed by atoms with E-state index in [0.29, 0.717) is 33.0 Å².